The molecule has 1 aromatic heterocycles. The van der Waals surface area contributed by atoms with Gasteiger partial charge in [-0.3, -0.25) is 10.1 Å². The topological polar surface area (TPSA) is 87.0 Å². The molecular weight excluding hydrogens is 215 g/mol. The lowest BCUT2D eigenvalue weighted by Crippen LogP contribution is -2.02. The van der Waals surface area contributed by atoms with E-state index in [9.17, 15) is 14.5 Å². The molecule has 16 heavy (non-hydrogen) atoms. The number of halogens is 1. The van der Waals surface area contributed by atoms with Crippen LogP contribution in [0.5, 0.6) is 0 Å². The average molecular weight is 222 g/mol. The minimum absolute atomic E-state index is 0.0432. The number of nitrogens with zero attached hydrogens (tertiary/aromatic N) is 3. The molecule has 0 aliphatic heterocycles. The molecule has 1 heterocycles. The van der Waals surface area contributed by atoms with E-state index in [4.69, 9.17) is 5.73 Å². The van der Waals surface area contributed by atoms with Crippen LogP contribution < -0.4 is 5.73 Å². The van der Waals surface area contributed by atoms with Crippen molar-refractivity contribution in [3.8, 4) is 5.69 Å². The predicted molar refractivity (Wildman–Crippen MR) is 54.6 cm³/mol. The van der Waals surface area contributed by atoms with Crippen molar-refractivity contribution in [2.75, 3.05) is 5.73 Å². The summed E-state index contributed by atoms with van der Waals surface area (Å²) in [5, 5.41) is 14.5. The molecule has 6 nitrogen and oxygen atoms in total. The van der Waals surface area contributed by atoms with E-state index in [2.05, 4.69) is 5.10 Å². The number of rotatable bonds is 2. The lowest BCUT2D eigenvalue weighted by atomic mass is 10.2. The summed E-state index contributed by atoms with van der Waals surface area (Å²) in [6.45, 7) is 0. The number of nitrogen functional groups attached to an aromatic ring is 1. The molecular formula is C9H7FN4O2. The van der Waals surface area contributed by atoms with Crippen LogP contribution in [0.1, 0.15) is 0 Å². The Morgan fingerprint density at radius 2 is 2.19 bits per heavy atom. The Balaban J connectivity index is 2.62. The number of nitro benzene ring substituents is 1. The van der Waals surface area contributed by atoms with Gasteiger partial charge in [-0.2, -0.15) is 5.10 Å². The zero-order valence-corrected chi connectivity index (χ0v) is 8.00. The fraction of sp³-hybridized carbons (Fsp3) is 0. The van der Waals surface area contributed by atoms with Gasteiger partial charge in [-0.25, -0.2) is 9.07 Å². The highest BCUT2D eigenvalue weighted by molar-refractivity contribution is 5.52. The molecule has 0 atom stereocenters. The molecule has 0 fully saturated rings. The van der Waals surface area contributed by atoms with E-state index in [0.717, 1.165) is 22.9 Å². The molecule has 0 aliphatic carbocycles. The van der Waals surface area contributed by atoms with Crippen molar-refractivity contribution in [2.45, 2.75) is 0 Å². The van der Waals surface area contributed by atoms with Crippen LogP contribution in [-0.4, -0.2) is 14.7 Å². The first-order valence-corrected chi connectivity index (χ1v) is 4.33. The summed E-state index contributed by atoms with van der Waals surface area (Å²) in [6.07, 6.45) is 1.43. The third kappa shape index (κ3) is 1.70. The maximum atomic E-state index is 13.0. The molecule has 0 aliphatic rings. The third-order valence-electron chi connectivity index (χ3n) is 1.99. The molecule has 2 aromatic rings. The summed E-state index contributed by atoms with van der Waals surface area (Å²) in [7, 11) is 0. The van der Waals surface area contributed by atoms with Gasteiger partial charge in [0.25, 0.3) is 5.69 Å². The van der Waals surface area contributed by atoms with Gasteiger partial charge in [-0.15, -0.1) is 0 Å². The molecule has 2 N–H and O–H groups in total. The summed E-state index contributed by atoms with van der Waals surface area (Å²) in [5.41, 5.74) is 5.20. The van der Waals surface area contributed by atoms with Crippen LogP contribution in [0.3, 0.4) is 0 Å². The standard InChI is InChI=1S/C9H7FN4O2/c10-6-1-2-7(14(15)16)8(5-6)13-4-3-9(11)12-13/h1-5H,(H2,11,12). The van der Waals surface area contributed by atoms with Crippen LogP contribution in [0.4, 0.5) is 15.9 Å². The molecule has 0 amide bonds. The van der Waals surface area contributed by atoms with Crippen LogP contribution in [0, 0.1) is 15.9 Å². The van der Waals surface area contributed by atoms with E-state index in [0.29, 0.717) is 0 Å². The summed E-state index contributed by atoms with van der Waals surface area (Å²) >= 11 is 0. The van der Waals surface area contributed by atoms with E-state index < -0.39 is 10.7 Å². The van der Waals surface area contributed by atoms with Crippen molar-refractivity contribution in [1.29, 1.82) is 0 Å². The second kappa shape index (κ2) is 3.61. The molecule has 7 heteroatoms. The van der Waals surface area contributed by atoms with Gasteiger partial charge in [0.15, 0.2) is 0 Å². The van der Waals surface area contributed by atoms with E-state index in [1.54, 1.807) is 0 Å². The van der Waals surface area contributed by atoms with Gasteiger partial charge in [0.05, 0.1) is 4.92 Å². The number of benzene rings is 1. The first kappa shape index (κ1) is 10.1. The quantitative estimate of drug-likeness (QED) is 0.616. The second-order valence-corrected chi connectivity index (χ2v) is 3.08. The van der Waals surface area contributed by atoms with E-state index in [1.807, 2.05) is 0 Å². The van der Waals surface area contributed by atoms with E-state index in [-0.39, 0.29) is 17.2 Å². The Bertz CT molecular complexity index is 552. The van der Waals surface area contributed by atoms with Crippen molar-refractivity contribution < 1.29 is 9.31 Å². The maximum Gasteiger partial charge on any atom is 0.295 e. The smallest absolute Gasteiger partial charge is 0.295 e. The van der Waals surface area contributed by atoms with Gasteiger partial charge >= 0.3 is 0 Å². The predicted octanol–water partition coefficient (Wildman–Crippen LogP) is 1.50. The summed E-state index contributed by atoms with van der Waals surface area (Å²) in [5.74, 6) is -0.367. The van der Waals surface area contributed by atoms with Crippen LogP contribution >= 0.6 is 0 Å². The van der Waals surface area contributed by atoms with Crippen molar-refractivity contribution in [3.63, 3.8) is 0 Å². The summed E-state index contributed by atoms with van der Waals surface area (Å²) in [6, 6.07) is 4.61. The Morgan fingerprint density at radius 1 is 1.44 bits per heavy atom. The maximum absolute atomic E-state index is 13.0. The third-order valence-corrected chi connectivity index (χ3v) is 1.99. The van der Waals surface area contributed by atoms with Gasteiger partial charge in [-0.05, 0) is 6.07 Å². The van der Waals surface area contributed by atoms with Gasteiger partial charge in [0.2, 0.25) is 0 Å². The Labute approximate surface area is 89.3 Å². The highest BCUT2D eigenvalue weighted by Gasteiger charge is 2.16. The lowest BCUT2D eigenvalue weighted by Gasteiger charge is -2.02. The van der Waals surface area contributed by atoms with Crippen molar-refractivity contribution in [1.82, 2.24) is 9.78 Å². The zero-order valence-electron chi connectivity index (χ0n) is 8.00. The van der Waals surface area contributed by atoms with Crippen molar-refractivity contribution in [2.24, 2.45) is 0 Å². The SMILES string of the molecule is Nc1ccn(-c2cc(F)ccc2[N+](=O)[O-])n1. The minimum Gasteiger partial charge on any atom is -0.382 e. The molecule has 0 radical (unpaired) electrons. The summed E-state index contributed by atoms with van der Waals surface area (Å²) < 4.78 is 14.2. The van der Waals surface area contributed by atoms with Crippen LogP contribution in [-0.2, 0) is 0 Å². The fourth-order valence-corrected chi connectivity index (χ4v) is 1.31. The number of aromatic nitrogens is 2. The highest BCUT2D eigenvalue weighted by atomic mass is 19.1. The van der Waals surface area contributed by atoms with Gasteiger partial charge in [0, 0.05) is 24.4 Å². The molecule has 0 spiro atoms. The Kier molecular flexibility index (Phi) is 2.28. The first-order valence-electron chi connectivity index (χ1n) is 4.33. The Hall–Kier alpha value is -2.44. The molecule has 0 saturated heterocycles. The zero-order chi connectivity index (χ0) is 11.7. The lowest BCUT2D eigenvalue weighted by molar-refractivity contribution is -0.384. The molecule has 0 saturated carbocycles. The van der Waals surface area contributed by atoms with Crippen LogP contribution in [0.15, 0.2) is 30.5 Å². The minimum atomic E-state index is -0.605. The normalized spacial score (nSPS) is 10.3. The highest BCUT2D eigenvalue weighted by Crippen LogP contribution is 2.23. The first-order chi connectivity index (χ1) is 7.58. The largest absolute Gasteiger partial charge is 0.382 e. The average Bonchev–Trinajstić information content (AvgIpc) is 2.64. The van der Waals surface area contributed by atoms with E-state index in [1.165, 1.54) is 12.3 Å². The van der Waals surface area contributed by atoms with E-state index >= 15 is 0 Å². The number of hydrogen-bond acceptors (Lipinski definition) is 4. The second-order valence-electron chi connectivity index (χ2n) is 3.08. The molecule has 1 aromatic carbocycles. The van der Waals surface area contributed by atoms with Crippen LogP contribution in [0.25, 0.3) is 5.69 Å². The molecule has 0 unspecified atom stereocenters. The molecule has 0 bridgehead atoms. The fourth-order valence-electron chi connectivity index (χ4n) is 1.31. The molecule has 2 rings (SSSR count). The van der Waals surface area contributed by atoms with Gasteiger partial charge in [0.1, 0.15) is 17.3 Å². The monoisotopic (exact) mass is 222 g/mol. The Morgan fingerprint density at radius 3 is 2.75 bits per heavy atom. The number of anilines is 1. The van der Waals surface area contributed by atoms with Crippen molar-refractivity contribution >= 4 is 11.5 Å². The van der Waals surface area contributed by atoms with Crippen LogP contribution in [0.2, 0.25) is 0 Å². The van der Waals surface area contributed by atoms with Gasteiger partial charge < -0.3 is 5.73 Å². The number of hydrogen-bond donors (Lipinski definition) is 1. The summed E-state index contributed by atoms with van der Waals surface area (Å²) in [4.78, 5) is 10.1. The number of nitrogens with two attached hydrogens (primary N) is 1. The van der Waals surface area contributed by atoms with Gasteiger partial charge in [-0.1, -0.05) is 0 Å². The number of nitro groups is 1. The van der Waals surface area contributed by atoms with Crippen molar-refractivity contribution in [3.05, 3.63) is 46.4 Å². The molecule has 82 valence electrons.